The minimum atomic E-state index is -4.69. The quantitative estimate of drug-likeness (QED) is 0.367. The highest BCUT2D eigenvalue weighted by molar-refractivity contribution is 5.79. The van der Waals surface area contributed by atoms with Gasteiger partial charge in [-0.2, -0.15) is 31.4 Å². The number of ether oxygens (including phenoxy) is 1. The molecule has 1 amide bonds. The largest absolute Gasteiger partial charge is 0.431 e. The Balaban J connectivity index is 1.24. The van der Waals surface area contributed by atoms with Crippen LogP contribution in [-0.4, -0.2) is 74.9 Å². The predicted molar refractivity (Wildman–Crippen MR) is 117 cm³/mol. The van der Waals surface area contributed by atoms with Gasteiger partial charge in [-0.15, -0.1) is 0 Å². The van der Waals surface area contributed by atoms with Crippen LogP contribution in [0.2, 0.25) is 0 Å². The summed E-state index contributed by atoms with van der Waals surface area (Å²) >= 11 is 0. The number of fused-ring (bicyclic) bond motifs is 1. The van der Waals surface area contributed by atoms with E-state index in [-0.39, 0.29) is 48.9 Å². The zero-order chi connectivity index (χ0) is 26.8. The van der Waals surface area contributed by atoms with E-state index in [1.807, 2.05) is 0 Å². The number of carbonyl (C=O) groups excluding carboxylic acids is 1. The van der Waals surface area contributed by atoms with Crippen molar-refractivity contribution >= 4 is 22.8 Å². The zero-order valence-corrected chi connectivity index (χ0v) is 19.1. The minimum Gasteiger partial charge on any atom is -0.379 e. The molecule has 200 valence electrons. The first-order valence-corrected chi connectivity index (χ1v) is 11.1. The molecule has 0 aliphatic carbocycles. The van der Waals surface area contributed by atoms with Crippen molar-refractivity contribution < 1.29 is 35.9 Å². The van der Waals surface area contributed by atoms with E-state index < -0.39 is 29.2 Å². The Morgan fingerprint density at radius 3 is 2.27 bits per heavy atom. The molecule has 0 saturated carbocycles. The number of hydrogen-bond donors (Lipinski definition) is 1. The molecule has 3 aromatic heterocycles. The number of anilines is 1. The van der Waals surface area contributed by atoms with Crippen LogP contribution < -0.4 is 10.5 Å². The highest BCUT2D eigenvalue weighted by Gasteiger charge is 2.36. The van der Waals surface area contributed by atoms with Crippen LogP contribution >= 0.6 is 0 Å². The van der Waals surface area contributed by atoms with E-state index in [4.69, 9.17) is 4.74 Å². The predicted octanol–water partition coefficient (Wildman–Crippen LogP) is 2.31. The number of piperazine rings is 1. The molecule has 1 saturated heterocycles. The zero-order valence-electron chi connectivity index (χ0n) is 19.1. The molecule has 0 radical (unpaired) electrons. The van der Waals surface area contributed by atoms with Crippen LogP contribution in [0.5, 0.6) is 0 Å². The highest BCUT2D eigenvalue weighted by Crippen LogP contribution is 2.33. The first-order valence-electron chi connectivity index (χ1n) is 11.1. The molecule has 1 aliphatic heterocycles. The fraction of sp³-hybridized carbons (Fsp3) is 0.476. The van der Waals surface area contributed by atoms with Crippen LogP contribution in [0, 0.1) is 0 Å². The van der Waals surface area contributed by atoms with Crippen LogP contribution in [0.15, 0.2) is 29.5 Å². The first-order chi connectivity index (χ1) is 17.4. The topological polar surface area (TPSA) is 109 Å². The maximum atomic E-state index is 13.4. The monoisotopic (exact) mass is 533 g/mol. The second-order valence-electron chi connectivity index (χ2n) is 8.18. The summed E-state index contributed by atoms with van der Waals surface area (Å²) in [5.74, 6) is -0.0949. The fourth-order valence-corrected chi connectivity index (χ4v) is 3.94. The first kappa shape index (κ1) is 26.4. The molecule has 0 aromatic carbocycles. The molecule has 4 heterocycles. The van der Waals surface area contributed by atoms with E-state index in [1.54, 1.807) is 9.80 Å². The molecule has 4 rings (SSSR count). The van der Waals surface area contributed by atoms with Gasteiger partial charge in [0.2, 0.25) is 11.9 Å². The third-order valence-corrected chi connectivity index (χ3v) is 5.83. The maximum absolute atomic E-state index is 13.4. The van der Waals surface area contributed by atoms with Gasteiger partial charge in [-0.05, 0) is 6.07 Å². The third kappa shape index (κ3) is 6.00. The van der Waals surface area contributed by atoms with Crippen molar-refractivity contribution in [3.63, 3.8) is 0 Å². The summed E-state index contributed by atoms with van der Waals surface area (Å²) in [7, 11) is 0. The molecule has 0 atom stereocenters. The number of halogens is 6. The summed E-state index contributed by atoms with van der Waals surface area (Å²) in [5.41, 5.74) is -2.67. The molecule has 37 heavy (non-hydrogen) atoms. The van der Waals surface area contributed by atoms with E-state index in [2.05, 4.69) is 20.2 Å². The molecule has 16 heteroatoms. The maximum Gasteiger partial charge on any atom is 0.431 e. The summed E-state index contributed by atoms with van der Waals surface area (Å²) in [5, 5.41) is 5.51. The van der Waals surface area contributed by atoms with Crippen molar-refractivity contribution in [2.24, 2.45) is 0 Å². The number of aromatic nitrogens is 5. The van der Waals surface area contributed by atoms with E-state index >= 15 is 0 Å². The van der Waals surface area contributed by atoms with Crippen molar-refractivity contribution in [2.45, 2.75) is 25.3 Å². The van der Waals surface area contributed by atoms with Gasteiger partial charge in [-0.25, -0.2) is 15.1 Å². The fourth-order valence-electron chi connectivity index (χ4n) is 3.94. The lowest BCUT2D eigenvalue weighted by molar-refractivity contribution is -0.143. The van der Waals surface area contributed by atoms with Gasteiger partial charge in [0.25, 0.3) is 5.56 Å². The Kier molecular flexibility index (Phi) is 7.38. The van der Waals surface area contributed by atoms with Crippen LogP contribution in [0.25, 0.3) is 10.9 Å². The summed E-state index contributed by atoms with van der Waals surface area (Å²) in [6.45, 7) is 0.887. The Bertz CT molecular complexity index is 1300. The Morgan fingerprint density at radius 2 is 1.65 bits per heavy atom. The number of hydrogen-bond acceptors (Lipinski definition) is 7. The third-order valence-electron chi connectivity index (χ3n) is 5.83. The average Bonchev–Trinajstić information content (AvgIpc) is 3.24. The second kappa shape index (κ2) is 10.4. The number of rotatable bonds is 7. The molecule has 0 bridgehead atoms. The highest BCUT2D eigenvalue weighted by atomic mass is 19.4. The Hall–Kier alpha value is -3.69. The molecule has 0 unspecified atom stereocenters. The summed E-state index contributed by atoms with van der Waals surface area (Å²) in [4.78, 5) is 35.0. The summed E-state index contributed by atoms with van der Waals surface area (Å²) < 4.78 is 84.5. The van der Waals surface area contributed by atoms with Gasteiger partial charge < -0.3 is 19.1 Å². The van der Waals surface area contributed by atoms with Gasteiger partial charge in [0.1, 0.15) is 5.69 Å². The van der Waals surface area contributed by atoms with E-state index in [0.717, 1.165) is 16.8 Å². The number of aromatic amines is 1. The van der Waals surface area contributed by atoms with Gasteiger partial charge in [0.05, 0.1) is 42.3 Å². The molecular formula is C21H21F6N7O3. The molecule has 1 N–H and O–H groups in total. The lowest BCUT2D eigenvalue weighted by atomic mass is 10.3. The lowest BCUT2D eigenvalue weighted by Crippen LogP contribution is -2.49. The number of nitrogens with zero attached hydrogens (tertiary/aromatic N) is 6. The Morgan fingerprint density at radius 1 is 0.973 bits per heavy atom. The minimum absolute atomic E-state index is 0.00342. The molecule has 1 aliphatic rings. The van der Waals surface area contributed by atoms with Crippen molar-refractivity contribution in [2.75, 3.05) is 44.3 Å². The van der Waals surface area contributed by atoms with Gasteiger partial charge in [0.15, 0.2) is 0 Å². The van der Waals surface area contributed by atoms with E-state index in [1.165, 1.54) is 0 Å². The molecule has 0 spiro atoms. The molecule has 3 aromatic rings. The van der Waals surface area contributed by atoms with Crippen molar-refractivity contribution in [3.05, 3.63) is 46.3 Å². The Labute approximate surface area is 204 Å². The van der Waals surface area contributed by atoms with Crippen LogP contribution in [-0.2, 0) is 28.4 Å². The standard InChI is InChI=1S/C21H21F6N7O3/c22-20(23,24)13-10-28-19(29-11-13)33-4-2-32(3-5-33)17(35)1-7-37-8-6-34-15-12-30-31-18(36)14(15)9-16(34)21(25,26)27/h9-12H,1-8H2,(H,31,36). The van der Waals surface area contributed by atoms with Gasteiger partial charge >= 0.3 is 12.4 Å². The molecule has 10 nitrogen and oxygen atoms in total. The van der Waals surface area contributed by atoms with E-state index in [0.29, 0.717) is 38.6 Å². The SMILES string of the molecule is O=C(CCOCCn1c(C(F)(F)F)cc2c(=O)[nH]ncc21)N1CCN(c2ncc(C(F)(F)F)cn2)CC1. The van der Waals surface area contributed by atoms with Gasteiger partial charge in [-0.1, -0.05) is 0 Å². The number of amides is 1. The number of alkyl halides is 6. The van der Waals surface area contributed by atoms with Crippen LogP contribution in [0.1, 0.15) is 17.7 Å². The normalized spacial score (nSPS) is 15.0. The molecule has 1 fully saturated rings. The molecular weight excluding hydrogens is 512 g/mol. The summed E-state index contributed by atoms with van der Waals surface area (Å²) in [6.07, 6.45) is -6.67. The smallest absolute Gasteiger partial charge is 0.379 e. The average molecular weight is 533 g/mol. The second-order valence-corrected chi connectivity index (χ2v) is 8.18. The lowest BCUT2D eigenvalue weighted by Gasteiger charge is -2.34. The number of carbonyl (C=O) groups is 1. The van der Waals surface area contributed by atoms with Gasteiger partial charge in [-0.3, -0.25) is 9.59 Å². The summed E-state index contributed by atoms with van der Waals surface area (Å²) in [6, 6.07) is 0.759. The van der Waals surface area contributed by atoms with Crippen LogP contribution in [0.4, 0.5) is 32.3 Å². The van der Waals surface area contributed by atoms with Gasteiger partial charge in [0, 0.05) is 45.1 Å². The van der Waals surface area contributed by atoms with Crippen LogP contribution in [0.3, 0.4) is 0 Å². The van der Waals surface area contributed by atoms with Crippen molar-refractivity contribution in [1.29, 1.82) is 0 Å². The number of H-pyrrole nitrogens is 1. The van der Waals surface area contributed by atoms with Crippen molar-refractivity contribution in [1.82, 2.24) is 29.6 Å². The number of nitrogens with one attached hydrogen (secondary N) is 1. The van der Waals surface area contributed by atoms with E-state index in [9.17, 15) is 35.9 Å². The van der Waals surface area contributed by atoms with Crippen molar-refractivity contribution in [3.8, 4) is 0 Å².